The van der Waals surface area contributed by atoms with Crippen LogP contribution in [0.25, 0.3) is 0 Å². The largest absolute Gasteiger partial charge is 0.391 e. The predicted octanol–water partition coefficient (Wildman–Crippen LogP) is 2.39. The van der Waals surface area contributed by atoms with Gasteiger partial charge in [0.2, 0.25) is 0 Å². The second-order valence-electron chi connectivity index (χ2n) is 6.65. The van der Waals surface area contributed by atoms with E-state index in [4.69, 9.17) is 0 Å². The van der Waals surface area contributed by atoms with Gasteiger partial charge in [-0.05, 0) is 45.7 Å². The summed E-state index contributed by atoms with van der Waals surface area (Å²) in [7, 11) is 4.33. The van der Waals surface area contributed by atoms with Gasteiger partial charge in [-0.1, -0.05) is 32.1 Å². The molecule has 0 bridgehead atoms. The van der Waals surface area contributed by atoms with Crippen molar-refractivity contribution in [1.29, 1.82) is 0 Å². The van der Waals surface area contributed by atoms with Gasteiger partial charge in [-0.3, -0.25) is 0 Å². The molecule has 2 aliphatic rings. The van der Waals surface area contributed by atoms with Gasteiger partial charge in [0.25, 0.3) is 0 Å². The van der Waals surface area contributed by atoms with Crippen molar-refractivity contribution in [3.05, 3.63) is 0 Å². The molecule has 0 aromatic rings. The zero-order valence-electron chi connectivity index (χ0n) is 12.8. The zero-order valence-corrected chi connectivity index (χ0v) is 12.8. The Morgan fingerprint density at radius 3 is 2.42 bits per heavy atom. The summed E-state index contributed by atoms with van der Waals surface area (Å²) < 4.78 is 0. The Bertz CT molecular complexity index is 259. The van der Waals surface area contributed by atoms with Crippen LogP contribution in [0.3, 0.4) is 0 Å². The van der Waals surface area contributed by atoms with E-state index in [0.29, 0.717) is 12.1 Å². The van der Waals surface area contributed by atoms with Crippen LogP contribution in [0.4, 0.5) is 0 Å². The second-order valence-corrected chi connectivity index (χ2v) is 6.65. The summed E-state index contributed by atoms with van der Waals surface area (Å²) >= 11 is 0. The molecule has 0 spiro atoms. The van der Waals surface area contributed by atoms with Gasteiger partial charge in [-0.2, -0.15) is 0 Å². The SMILES string of the molecule is CNC1CCCCCC1CN(C)C1CCCCC1O. The summed E-state index contributed by atoms with van der Waals surface area (Å²) in [6, 6.07) is 1.07. The van der Waals surface area contributed by atoms with E-state index in [2.05, 4.69) is 24.3 Å². The Labute approximate surface area is 118 Å². The lowest BCUT2D eigenvalue weighted by molar-refractivity contribution is 0.0226. The van der Waals surface area contributed by atoms with E-state index in [1.54, 1.807) is 0 Å². The Morgan fingerprint density at radius 1 is 1.00 bits per heavy atom. The maximum atomic E-state index is 10.2. The number of hydrogen-bond donors (Lipinski definition) is 2. The number of nitrogens with zero attached hydrogens (tertiary/aromatic N) is 1. The minimum atomic E-state index is -0.0995. The van der Waals surface area contributed by atoms with Crippen molar-refractivity contribution in [2.45, 2.75) is 76.0 Å². The molecule has 2 fully saturated rings. The number of hydrogen-bond acceptors (Lipinski definition) is 3. The Hall–Kier alpha value is -0.120. The highest BCUT2D eigenvalue weighted by Crippen LogP contribution is 2.27. The van der Waals surface area contributed by atoms with Gasteiger partial charge in [0.05, 0.1) is 6.10 Å². The third-order valence-electron chi connectivity index (χ3n) is 5.31. The first-order chi connectivity index (χ1) is 9.22. The number of aliphatic hydroxyl groups excluding tert-OH is 1. The number of aliphatic hydroxyl groups is 1. The van der Waals surface area contributed by atoms with Crippen molar-refractivity contribution in [2.24, 2.45) is 5.92 Å². The molecule has 0 radical (unpaired) electrons. The van der Waals surface area contributed by atoms with Crippen LogP contribution in [0.15, 0.2) is 0 Å². The molecule has 0 aromatic carbocycles. The second kappa shape index (κ2) is 7.61. The molecule has 19 heavy (non-hydrogen) atoms. The van der Waals surface area contributed by atoms with E-state index in [0.717, 1.165) is 18.9 Å². The van der Waals surface area contributed by atoms with Crippen molar-refractivity contribution in [3.8, 4) is 0 Å². The fourth-order valence-corrected chi connectivity index (χ4v) is 4.09. The van der Waals surface area contributed by atoms with Crippen molar-refractivity contribution in [2.75, 3.05) is 20.6 Å². The number of rotatable bonds is 4. The average molecular weight is 268 g/mol. The fraction of sp³-hybridized carbons (Fsp3) is 1.00. The monoisotopic (exact) mass is 268 g/mol. The van der Waals surface area contributed by atoms with Crippen molar-refractivity contribution in [1.82, 2.24) is 10.2 Å². The van der Waals surface area contributed by atoms with E-state index in [1.807, 2.05) is 0 Å². The summed E-state index contributed by atoms with van der Waals surface area (Å²) in [5.74, 6) is 0.756. The maximum absolute atomic E-state index is 10.2. The van der Waals surface area contributed by atoms with Gasteiger partial charge in [-0.15, -0.1) is 0 Å². The van der Waals surface area contributed by atoms with E-state index in [-0.39, 0.29) is 6.10 Å². The number of nitrogens with one attached hydrogen (secondary N) is 1. The molecule has 2 aliphatic carbocycles. The molecular formula is C16H32N2O. The molecule has 2 saturated carbocycles. The normalized spacial score (nSPS) is 37.3. The van der Waals surface area contributed by atoms with Gasteiger partial charge < -0.3 is 15.3 Å². The van der Waals surface area contributed by atoms with Crippen molar-refractivity contribution >= 4 is 0 Å². The fourth-order valence-electron chi connectivity index (χ4n) is 4.09. The highest BCUT2D eigenvalue weighted by atomic mass is 16.3. The minimum Gasteiger partial charge on any atom is -0.391 e. The van der Waals surface area contributed by atoms with Gasteiger partial charge in [-0.25, -0.2) is 0 Å². The zero-order chi connectivity index (χ0) is 13.7. The van der Waals surface area contributed by atoms with Crippen LogP contribution >= 0.6 is 0 Å². The maximum Gasteiger partial charge on any atom is 0.0695 e. The Balaban J connectivity index is 1.89. The van der Waals surface area contributed by atoms with E-state index >= 15 is 0 Å². The molecule has 2 N–H and O–H groups in total. The highest BCUT2D eigenvalue weighted by Gasteiger charge is 2.30. The lowest BCUT2D eigenvalue weighted by Gasteiger charge is -2.38. The molecule has 4 atom stereocenters. The van der Waals surface area contributed by atoms with Crippen LogP contribution in [0.2, 0.25) is 0 Å². The molecule has 0 saturated heterocycles. The van der Waals surface area contributed by atoms with Gasteiger partial charge in [0.15, 0.2) is 0 Å². The van der Waals surface area contributed by atoms with Crippen molar-refractivity contribution in [3.63, 3.8) is 0 Å². The van der Waals surface area contributed by atoms with Crippen LogP contribution in [-0.2, 0) is 0 Å². The van der Waals surface area contributed by atoms with Crippen LogP contribution in [0.5, 0.6) is 0 Å². The molecule has 0 amide bonds. The van der Waals surface area contributed by atoms with Gasteiger partial charge >= 0.3 is 0 Å². The summed E-state index contributed by atoms with van der Waals surface area (Å²) in [6.45, 7) is 1.15. The molecule has 0 aromatic heterocycles. The van der Waals surface area contributed by atoms with E-state index in [1.165, 1.54) is 51.4 Å². The third kappa shape index (κ3) is 4.17. The topological polar surface area (TPSA) is 35.5 Å². The number of likely N-dealkylation sites (N-methyl/N-ethyl adjacent to an activating group) is 1. The molecule has 3 nitrogen and oxygen atoms in total. The molecule has 3 heteroatoms. The molecule has 0 heterocycles. The van der Waals surface area contributed by atoms with E-state index in [9.17, 15) is 5.11 Å². The lowest BCUT2D eigenvalue weighted by atomic mass is 9.89. The Kier molecular flexibility index (Phi) is 6.11. The first kappa shape index (κ1) is 15.3. The first-order valence-corrected chi connectivity index (χ1v) is 8.28. The summed E-state index contributed by atoms with van der Waals surface area (Å²) in [6.07, 6.45) is 11.4. The quantitative estimate of drug-likeness (QED) is 0.769. The smallest absolute Gasteiger partial charge is 0.0695 e. The summed E-state index contributed by atoms with van der Waals surface area (Å²) in [4.78, 5) is 2.45. The standard InChI is InChI=1S/C16H32N2O/c1-17-14-9-5-3-4-8-13(14)12-18(2)15-10-6-7-11-16(15)19/h13-17,19H,3-12H2,1-2H3. The van der Waals surface area contributed by atoms with Gasteiger partial charge in [0, 0.05) is 18.6 Å². The molecule has 112 valence electrons. The predicted molar refractivity (Wildman–Crippen MR) is 80.3 cm³/mol. The molecular weight excluding hydrogens is 236 g/mol. The minimum absolute atomic E-state index is 0.0995. The first-order valence-electron chi connectivity index (χ1n) is 8.28. The summed E-state index contributed by atoms with van der Waals surface area (Å²) in [5, 5.41) is 13.7. The van der Waals surface area contributed by atoms with Crippen LogP contribution in [0, 0.1) is 5.92 Å². The lowest BCUT2D eigenvalue weighted by Crippen LogP contribution is -2.48. The van der Waals surface area contributed by atoms with E-state index < -0.39 is 0 Å². The van der Waals surface area contributed by atoms with Crippen molar-refractivity contribution < 1.29 is 5.11 Å². The Morgan fingerprint density at radius 2 is 1.68 bits per heavy atom. The average Bonchev–Trinajstić information content (AvgIpc) is 2.64. The van der Waals surface area contributed by atoms with Crippen LogP contribution in [-0.4, -0.2) is 48.8 Å². The molecule has 4 unspecified atom stereocenters. The molecule has 2 rings (SSSR count). The highest BCUT2D eigenvalue weighted by molar-refractivity contribution is 4.86. The van der Waals surface area contributed by atoms with Crippen LogP contribution in [0.1, 0.15) is 57.8 Å². The summed E-state index contributed by atoms with van der Waals surface area (Å²) in [5.41, 5.74) is 0. The molecule has 0 aliphatic heterocycles. The third-order valence-corrected chi connectivity index (χ3v) is 5.31. The van der Waals surface area contributed by atoms with Gasteiger partial charge in [0.1, 0.15) is 0 Å². The van der Waals surface area contributed by atoms with Crippen LogP contribution < -0.4 is 5.32 Å².